The Labute approximate surface area is 193 Å². The molecule has 1 aromatic heterocycles. The van der Waals surface area contributed by atoms with E-state index in [9.17, 15) is 0 Å². The molecule has 3 rings (SSSR count). The van der Waals surface area contributed by atoms with Crippen molar-refractivity contribution in [2.75, 3.05) is 83.9 Å². The predicted octanol–water partition coefficient (Wildman–Crippen LogP) is 1.67. The number of hydrogen-bond donors (Lipinski definition) is 1. The molecule has 1 N–H and O–H groups in total. The molecule has 0 bridgehead atoms. The number of aromatic nitrogens is 1. The Kier molecular flexibility index (Phi) is 10.4. The maximum atomic E-state index is 4.98. The number of rotatable bonds is 6. The standard InChI is InChI=1S/C21H37N7.HI/c1-4-22-21(24-17-19(2)18-26-11-9-25(3)10-12-26)28-15-13-27(14-16-28)20-7-5-6-8-23-20;/h5-8,19H,4,9-18H2,1-3H3,(H,22,24);1H. The molecule has 2 fully saturated rings. The quantitative estimate of drug-likeness (QED) is 0.354. The number of likely N-dealkylation sites (N-methyl/N-ethyl adjacent to an activating group) is 1. The number of hydrogen-bond acceptors (Lipinski definition) is 5. The van der Waals surface area contributed by atoms with Gasteiger partial charge in [-0.25, -0.2) is 4.98 Å². The molecular formula is C21H38IN7. The van der Waals surface area contributed by atoms with Gasteiger partial charge in [-0.05, 0) is 32.0 Å². The second-order valence-electron chi connectivity index (χ2n) is 8.07. The van der Waals surface area contributed by atoms with Gasteiger partial charge in [0.2, 0.25) is 0 Å². The second kappa shape index (κ2) is 12.5. The van der Waals surface area contributed by atoms with Gasteiger partial charge < -0.3 is 24.9 Å². The van der Waals surface area contributed by atoms with Gasteiger partial charge in [-0.2, -0.15) is 0 Å². The summed E-state index contributed by atoms with van der Waals surface area (Å²) in [5, 5.41) is 3.49. The highest BCUT2D eigenvalue weighted by molar-refractivity contribution is 14.0. The van der Waals surface area contributed by atoms with Crippen LogP contribution in [0.5, 0.6) is 0 Å². The van der Waals surface area contributed by atoms with Gasteiger partial charge in [-0.3, -0.25) is 4.99 Å². The highest BCUT2D eigenvalue weighted by Crippen LogP contribution is 2.13. The van der Waals surface area contributed by atoms with Gasteiger partial charge >= 0.3 is 0 Å². The highest BCUT2D eigenvalue weighted by atomic mass is 127. The number of guanidine groups is 1. The first-order chi connectivity index (χ1) is 13.7. The molecule has 0 amide bonds. The van der Waals surface area contributed by atoms with Crippen LogP contribution in [0.15, 0.2) is 29.4 Å². The summed E-state index contributed by atoms with van der Waals surface area (Å²) in [5.74, 6) is 2.71. The average Bonchev–Trinajstić information content (AvgIpc) is 2.73. The third-order valence-corrected chi connectivity index (χ3v) is 5.61. The normalized spacial score (nSPS) is 20.3. The van der Waals surface area contributed by atoms with Crippen molar-refractivity contribution in [3.05, 3.63) is 24.4 Å². The van der Waals surface area contributed by atoms with Crippen LogP contribution in [-0.2, 0) is 0 Å². The Morgan fingerprint density at radius 3 is 2.45 bits per heavy atom. The van der Waals surface area contributed by atoms with Crippen molar-refractivity contribution >= 4 is 35.8 Å². The molecule has 1 atom stereocenters. The number of halogens is 1. The SMILES string of the molecule is CCNC(=NCC(C)CN1CCN(C)CC1)N1CCN(c2ccccn2)CC1.I. The summed E-state index contributed by atoms with van der Waals surface area (Å²) in [6, 6.07) is 6.12. The minimum atomic E-state index is 0. The molecule has 7 nitrogen and oxygen atoms in total. The van der Waals surface area contributed by atoms with Crippen LogP contribution in [0.25, 0.3) is 0 Å². The molecule has 8 heteroatoms. The summed E-state index contributed by atoms with van der Waals surface area (Å²) in [5.41, 5.74) is 0. The largest absolute Gasteiger partial charge is 0.357 e. The highest BCUT2D eigenvalue weighted by Gasteiger charge is 2.21. The molecular weight excluding hydrogens is 477 g/mol. The molecule has 164 valence electrons. The zero-order valence-corrected chi connectivity index (χ0v) is 20.6. The summed E-state index contributed by atoms with van der Waals surface area (Å²) in [6.45, 7) is 16.1. The van der Waals surface area contributed by atoms with Gasteiger partial charge in [0.1, 0.15) is 5.82 Å². The fraction of sp³-hybridized carbons (Fsp3) is 0.714. The molecule has 2 aliphatic rings. The van der Waals surface area contributed by atoms with Crippen LogP contribution in [-0.4, -0.2) is 105 Å². The van der Waals surface area contributed by atoms with E-state index in [-0.39, 0.29) is 24.0 Å². The third kappa shape index (κ3) is 7.57. The Balaban J connectivity index is 0.00000300. The van der Waals surface area contributed by atoms with Gasteiger partial charge in [-0.15, -0.1) is 24.0 Å². The molecule has 0 radical (unpaired) electrons. The van der Waals surface area contributed by atoms with Crippen LogP contribution in [0.2, 0.25) is 0 Å². The van der Waals surface area contributed by atoms with Crippen molar-refractivity contribution in [3.63, 3.8) is 0 Å². The van der Waals surface area contributed by atoms with Crippen molar-refractivity contribution in [2.45, 2.75) is 13.8 Å². The summed E-state index contributed by atoms with van der Waals surface area (Å²) in [4.78, 5) is 19.2. The zero-order valence-electron chi connectivity index (χ0n) is 18.3. The molecule has 0 aliphatic carbocycles. The zero-order chi connectivity index (χ0) is 19.8. The monoisotopic (exact) mass is 515 g/mol. The lowest BCUT2D eigenvalue weighted by Gasteiger charge is -2.37. The van der Waals surface area contributed by atoms with E-state index in [1.807, 2.05) is 12.3 Å². The number of anilines is 1. The lowest BCUT2D eigenvalue weighted by Crippen LogP contribution is -2.53. The van der Waals surface area contributed by atoms with E-state index in [0.29, 0.717) is 5.92 Å². The van der Waals surface area contributed by atoms with Crippen LogP contribution in [0.1, 0.15) is 13.8 Å². The van der Waals surface area contributed by atoms with E-state index < -0.39 is 0 Å². The van der Waals surface area contributed by atoms with E-state index >= 15 is 0 Å². The van der Waals surface area contributed by atoms with Crippen molar-refractivity contribution in [1.82, 2.24) is 25.0 Å². The number of nitrogens with one attached hydrogen (secondary N) is 1. The molecule has 2 saturated heterocycles. The van der Waals surface area contributed by atoms with Crippen molar-refractivity contribution in [1.29, 1.82) is 0 Å². The first-order valence-corrected chi connectivity index (χ1v) is 10.8. The fourth-order valence-corrected chi connectivity index (χ4v) is 3.89. The van der Waals surface area contributed by atoms with Gasteiger partial charge in [0.05, 0.1) is 0 Å². The summed E-state index contributed by atoms with van der Waals surface area (Å²) < 4.78 is 0. The van der Waals surface area contributed by atoms with Crippen molar-refractivity contribution in [2.24, 2.45) is 10.9 Å². The maximum absolute atomic E-state index is 4.98. The van der Waals surface area contributed by atoms with Crippen LogP contribution in [0.3, 0.4) is 0 Å². The van der Waals surface area contributed by atoms with Gasteiger partial charge in [0, 0.05) is 78.2 Å². The van der Waals surface area contributed by atoms with E-state index in [1.54, 1.807) is 0 Å². The van der Waals surface area contributed by atoms with Crippen LogP contribution in [0, 0.1) is 5.92 Å². The Bertz CT molecular complexity index is 596. The molecule has 1 unspecified atom stereocenters. The summed E-state index contributed by atoms with van der Waals surface area (Å²) in [7, 11) is 2.21. The molecule has 0 aromatic carbocycles. The van der Waals surface area contributed by atoms with E-state index in [2.05, 4.69) is 62.9 Å². The molecule has 2 aliphatic heterocycles. The Morgan fingerprint density at radius 1 is 1.10 bits per heavy atom. The summed E-state index contributed by atoms with van der Waals surface area (Å²) in [6.07, 6.45) is 1.87. The maximum Gasteiger partial charge on any atom is 0.194 e. The molecule has 1 aromatic rings. The van der Waals surface area contributed by atoms with E-state index in [1.165, 1.54) is 26.2 Å². The Hall–Kier alpha value is -1.13. The van der Waals surface area contributed by atoms with E-state index in [0.717, 1.165) is 57.6 Å². The lowest BCUT2D eigenvalue weighted by molar-refractivity contribution is 0.140. The van der Waals surface area contributed by atoms with E-state index in [4.69, 9.17) is 4.99 Å². The smallest absolute Gasteiger partial charge is 0.194 e. The van der Waals surface area contributed by atoms with Gasteiger partial charge in [0.25, 0.3) is 0 Å². The number of aliphatic imine (C=N–C) groups is 1. The predicted molar refractivity (Wildman–Crippen MR) is 133 cm³/mol. The minimum absolute atomic E-state index is 0. The van der Waals surface area contributed by atoms with Crippen LogP contribution < -0.4 is 10.2 Å². The molecule has 0 spiro atoms. The van der Waals surface area contributed by atoms with Crippen molar-refractivity contribution in [3.8, 4) is 0 Å². The first kappa shape index (κ1) is 24.1. The van der Waals surface area contributed by atoms with Gasteiger partial charge in [-0.1, -0.05) is 13.0 Å². The molecule has 29 heavy (non-hydrogen) atoms. The third-order valence-electron chi connectivity index (χ3n) is 5.61. The summed E-state index contributed by atoms with van der Waals surface area (Å²) >= 11 is 0. The Morgan fingerprint density at radius 2 is 1.83 bits per heavy atom. The molecule has 3 heterocycles. The van der Waals surface area contributed by atoms with Crippen LogP contribution >= 0.6 is 24.0 Å². The van der Waals surface area contributed by atoms with Crippen LogP contribution in [0.4, 0.5) is 5.82 Å². The minimum Gasteiger partial charge on any atom is -0.357 e. The fourth-order valence-electron chi connectivity index (χ4n) is 3.89. The van der Waals surface area contributed by atoms with Gasteiger partial charge in [0.15, 0.2) is 5.96 Å². The topological polar surface area (TPSA) is 50.2 Å². The second-order valence-corrected chi connectivity index (χ2v) is 8.07. The molecule has 0 saturated carbocycles. The average molecular weight is 515 g/mol. The first-order valence-electron chi connectivity index (χ1n) is 10.8. The number of piperazine rings is 2. The number of pyridine rings is 1. The lowest BCUT2D eigenvalue weighted by atomic mass is 10.1. The van der Waals surface area contributed by atoms with Crippen molar-refractivity contribution < 1.29 is 0 Å². The number of nitrogens with zero attached hydrogens (tertiary/aromatic N) is 6.